The molecule has 0 aromatic carbocycles. The summed E-state index contributed by atoms with van der Waals surface area (Å²) in [6.07, 6.45) is 8.71. The molecule has 3 fully saturated rings. The minimum atomic E-state index is 0.566. The molecule has 0 aromatic rings. The van der Waals surface area contributed by atoms with E-state index >= 15 is 0 Å². The third-order valence-electron chi connectivity index (χ3n) is 5.29. The topological polar surface area (TPSA) is 26.0 Å². The van der Waals surface area contributed by atoms with Crippen LogP contribution in [0.4, 0.5) is 0 Å². The van der Waals surface area contributed by atoms with Crippen molar-refractivity contribution in [1.82, 2.24) is 0 Å². The van der Waals surface area contributed by atoms with E-state index in [0.717, 1.165) is 17.8 Å². The number of fused-ring (bicyclic) bond motifs is 3. The molecule has 3 aliphatic carbocycles. The Morgan fingerprint density at radius 1 is 1.23 bits per heavy atom. The first-order valence-electron chi connectivity index (χ1n) is 5.98. The van der Waals surface area contributed by atoms with Crippen LogP contribution < -0.4 is 5.73 Å². The molecular weight excluding hydrogens is 158 g/mol. The van der Waals surface area contributed by atoms with Gasteiger partial charge in [-0.05, 0) is 55.3 Å². The van der Waals surface area contributed by atoms with E-state index in [1.165, 1.54) is 38.5 Å². The lowest BCUT2D eigenvalue weighted by Gasteiger charge is -2.39. The maximum Gasteiger partial charge on any atom is 0.0127 e. The van der Waals surface area contributed by atoms with Gasteiger partial charge in [-0.1, -0.05) is 13.3 Å². The molecular formula is C12H21N. The van der Waals surface area contributed by atoms with Crippen LogP contribution in [0.3, 0.4) is 0 Å². The van der Waals surface area contributed by atoms with Crippen LogP contribution >= 0.6 is 0 Å². The highest BCUT2D eigenvalue weighted by Crippen LogP contribution is 2.62. The quantitative estimate of drug-likeness (QED) is 0.607. The van der Waals surface area contributed by atoms with Crippen molar-refractivity contribution < 1.29 is 0 Å². The Balaban J connectivity index is 1.90. The molecule has 0 aromatic heterocycles. The van der Waals surface area contributed by atoms with Crippen LogP contribution in [-0.4, -0.2) is 6.04 Å². The van der Waals surface area contributed by atoms with Crippen LogP contribution in [0.5, 0.6) is 0 Å². The van der Waals surface area contributed by atoms with E-state index in [-0.39, 0.29) is 0 Å². The molecule has 0 radical (unpaired) electrons. The molecule has 2 N–H and O–H groups in total. The van der Waals surface area contributed by atoms with E-state index in [1.54, 1.807) is 0 Å². The van der Waals surface area contributed by atoms with Gasteiger partial charge in [0, 0.05) is 6.04 Å². The molecule has 1 heteroatoms. The second kappa shape index (κ2) is 2.50. The molecule has 13 heavy (non-hydrogen) atoms. The Kier molecular flexibility index (Phi) is 1.59. The molecule has 0 aliphatic heterocycles. The normalized spacial score (nSPS) is 59.5. The van der Waals surface area contributed by atoms with Crippen LogP contribution in [0, 0.1) is 23.2 Å². The lowest BCUT2D eigenvalue weighted by atomic mass is 9.68. The zero-order chi connectivity index (χ0) is 9.05. The Morgan fingerprint density at radius 2 is 2.08 bits per heavy atom. The lowest BCUT2D eigenvalue weighted by molar-refractivity contribution is 0.134. The number of hydrogen-bond acceptors (Lipinski definition) is 1. The largest absolute Gasteiger partial charge is 0.327 e. The molecule has 74 valence electrons. The highest BCUT2D eigenvalue weighted by molar-refractivity contribution is 5.10. The minimum Gasteiger partial charge on any atom is -0.327 e. The molecule has 1 nitrogen and oxygen atoms in total. The fourth-order valence-electron chi connectivity index (χ4n) is 4.65. The first-order valence-corrected chi connectivity index (χ1v) is 5.98. The van der Waals surface area contributed by atoms with Gasteiger partial charge < -0.3 is 5.73 Å². The van der Waals surface area contributed by atoms with Crippen molar-refractivity contribution in [2.24, 2.45) is 28.9 Å². The van der Waals surface area contributed by atoms with Crippen LogP contribution in [-0.2, 0) is 0 Å². The van der Waals surface area contributed by atoms with Crippen molar-refractivity contribution in [2.45, 2.75) is 51.5 Å². The van der Waals surface area contributed by atoms with Gasteiger partial charge in [0.2, 0.25) is 0 Å². The molecule has 3 saturated carbocycles. The molecule has 2 unspecified atom stereocenters. The van der Waals surface area contributed by atoms with E-state index in [2.05, 4.69) is 6.92 Å². The van der Waals surface area contributed by atoms with Gasteiger partial charge in [0.15, 0.2) is 0 Å². The minimum absolute atomic E-state index is 0.566. The van der Waals surface area contributed by atoms with Crippen molar-refractivity contribution in [3.8, 4) is 0 Å². The SMILES string of the molecule is CC1CCC2(C1)[C@H]1CC[C@H](C1)[C@H]2N. The second-order valence-electron chi connectivity index (χ2n) is 5.88. The summed E-state index contributed by atoms with van der Waals surface area (Å²) in [5, 5.41) is 0. The van der Waals surface area contributed by atoms with Crippen molar-refractivity contribution in [3.63, 3.8) is 0 Å². The molecule has 1 spiro atoms. The fraction of sp³-hybridized carbons (Fsp3) is 1.00. The van der Waals surface area contributed by atoms with Crippen molar-refractivity contribution in [1.29, 1.82) is 0 Å². The molecule has 5 atom stereocenters. The molecule has 3 aliphatic rings. The van der Waals surface area contributed by atoms with Crippen LogP contribution in [0.1, 0.15) is 45.4 Å². The van der Waals surface area contributed by atoms with Gasteiger partial charge in [-0.2, -0.15) is 0 Å². The summed E-state index contributed by atoms with van der Waals surface area (Å²) in [7, 11) is 0. The lowest BCUT2D eigenvalue weighted by Crippen LogP contribution is -2.44. The summed E-state index contributed by atoms with van der Waals surface area (Å²) < 4.78 is 0. The predicted molar refractivity (Wildman–Crippen MR) is 54.3 cm³/mol. The molecule has 0 amide bonds. The van der Waals surface area contributed by atoms with E-state index in [4.69, 9.17) is 5.73 Å². The zero-order valence-electron chi connectivity index (χ0n) is 8.63. The molecule has 3 rings (SSSR count). The average molecular weight is 179 g/mol. The summed E-state index contributed by atoms with van der Waals surface area (Å²) in [4.78, 5) is 0. The number of nitrogens with two attached hydrogens (primary N) is 1. The third kappa shape index (κ3) is 0.918. The summed E-state index contributed by atoms with van der Waals surface area (Å²) >= 11 is 0. The van der Waals surface area contributed by atoms with Crippen LogP contribution in [0.2, 0.25) is 0 Å². The van der Waals surface area contributed by atoms with Gasteiger partial charge in [-0.3, -0.25) is 0 Å². The Bertz CT molecular complexity index is 221. The standard InChI is InChI=1S/C12H21N/c1-8-4-5-12(7-8)10-3-2-9(6-10)11(12)13/h8-11H,2-7,13H2,1H3/t8?,9-,10+,11-,12?/m1/s1. The summed E-state index contributed by atoms with van der Waals surface area (Å²) in [5.41, 5.74) is 7.04. The van der Waals surface area contributed by atoms with Gasteiger partial charge in [0.1, 0.15) is 0 Å². The van der Waals surface area contributed by atoms with E-state index in [1.807, 2.05) is 0 Å². The number of hydrogen-bond donors (Lipinski definition) is 1. The van der Waals surface area contributed by atoms with Gasteiger partial charge in [0.25, 0.3) is 0 Å². The van der Waals surface area contributed by atoms with Crippen LogP contribution in [0.15, 0.2) is 0 Å². The fourth-order valence-corrected chi connectivity index (χ4v) is 4.65. The third-order valence-corrected chi connectivity index (χ3v) is 5.29. The Labute approximate surface area is 81.1 Å². The maximum atomic E-state index is 6.42. The van der Waals surface area contributed by atoms with Gasteiger partial charge in [-0.25, -0.2) is 0 Å². The average Bonchev–Trinajstić information content (AvgIpc) is 2.73. The molecule has 0 saturated heterocycles. The molecule has 0 heterocycles. The monoisotopic (exact) mass is 179 g/mol. The van der Waals surface area contributed by atoms with E-state index in [0.29, 0.717) is 11.5 Å². The Hall–Kier alpha value is -0.0400. The van der Waals surface area contributed by atoms with Gasteiger partial charge in [0.05, 0.1) is 0 Å². The van der Waals surface area contributed by atoms with E-state index < -0.39 is 0 Å². The highest BCUT2D eigenvalue weighted by Gasteiger charge is 2.58. The maximum absolute atomic E-state index is 6.42. The molecule has 2 bridgehead atoms. The van der Waals surface area contributed by atoms with Crippen molar-refractivity contribution >= 4 is 0 Å². The van der Waals surface area contributed by atoms with Gasteiger partial charge in [-0.15, -0.1) is 0 Å². The van der Waals surface area contributed by atoms with Crippen LogP contribution in [0.25, 0.3) is 0 Å². The van der Waals surface area contributed by atoms with Crippen molar-refractivity contribution in [2.75, 3.05) is 0 Å². The predicted octanol–water partition coefficient (Wildman–Crippen LogP) is 2.55. The summed E-state index contributed by atoms with van der Waals surface area (Å²) in [5.74, 6) is 2.86. The smallest absolute Gasteiger partial charge is 0.0127 e. The Morgan fingerprint density at radius 3 is 2.62 bits per heavy atom. The highest BCUT2D eigenvalue weighted by atomic mass is 14.8. The summed E-state index contributed by atoms with van der Waals surface area (Å²) in [6.45, 7) is 2.41. The summed E-state index contributed by atoms with van der Waals surface area (Å²) in [6, 6.07) is 0.566. The zero-order valence-corrected chi connectivity index (χ0v) is 8.63. The second-order valence-corrected chi connectivity index (χ2v) is 5.88. The first kappa shape index (κ1) is 8.28. The van der Waals surface area contributed by atoms with Crippen molar-refractivity contribution in [3.05, 3.63) is 0 Å². The van der Waals surface area contributed by atoms with Gasteiger partial charge >= 0.3 is 0 Å². The number of rotatable bonds is 0. The van der Waals surface area contributed by atoms with E-state index in [9.17, 15) is 0 Å². The first-order chi connectivity index (χ1) is 6.22.